The summed E-state index contributed by atoms with van der Waals surface area (Å²) in [7, 11) is 0. The number of likely N-dealkylation sites (tertiary alicyclic amines) is 1. The number of amides is 1. The van der Waals surface area contributed by atoms with E-state index in [1.54, 1.807) is 23.2 Å². The molecule has 0 radical (unpaired) electrons. The summed E-state index contributed by atoms with van der Waals surface area (Å²) in [4.78, 5) is 26.4. The number of nitriles is 1. The molecule has 1 fully saturated rings. The van der Waals surface area contributed by atoms with E-state index in [4.69, 9.17) is 9.47 Å². The summed E-state index contributed by atoms with van der Waals surface area (Å²) in [5.41, 5.74) is 0.822. The largest absolute Gasteiger partial charge is 0.447 e. The van der Waals surface area contributed by atoms with Crippen LogP contribution in [0.5, 0.6) is 11.6 Å². The van der Waals surface area contributed by atoms with Crippen LogP contribution < -0.4 is 4.74 Å². The van der Waals surface area contributed by atoms with Gasteiger partial charge in [0.25, 0.3) is 0 Å². The van der Waals surface area contributed by atoms with E-state index in [0.29, 0.717) is 35.8 Å². The van der Waals surface area contributed by atoms with E-state index in [2.05, 4.69) is 20.1 Å². The normalized spacial score (nSPS) is 14.7. The van der Waals surface area contributed by atoms with Crippen LogP contribution in [0, 0.1) is 11.3 Å². The molecule has 0 aliphatic carbocycles. The third-order valence-electron chi connectivity index (χ3n) is 4.84. The first-order valence-corrected chi connectivity index (χ1v) is 9.73. The average Bonchev–Trinajstić information content (AvgIpc) is 3.19. The Bertz CT molecular complexity index is 1100. The molecule has 1 aliphatic rings. The molecule has 0 atom stereocenters. The molecule has 0 N–H and O–H groups in total. The van der Waals surface area contributed by atoms with Crippen molar-refractivity contribution in [2.75, 3.05) is 13.1 Å². The van der Waals surface area contributed by atoms with Crippen LogP contribution in [0.15, 0.2) is 30.9 Å². The highest BCUT2D eigenvalue weighted by molar-refractivity contribution is 5.80. The maximum Gasteiger partial charge on any atom is 0.410 e. The molecule has 4 heterocycles. The number of carbonyl (C=O) groups is 1. The highest BCUT2D eigenvalue weighted by Gasteiger charge is 2.27. The highest BCUT2D eigenvalue weighted by atomic mass is 16.6. The Hall–Kier alpha value is -3.74. The number of piperidine rings is 1. The zero-order valence-electron chi connectivity index (χ0n) is 16.7. The molecule has 0 bridgehead atoms. The van der Waals surface area contributed by atoms with Gasteiger partial charge < -0.3 is 14.4 Å². The molecule has 10 heteroatoms. The van der Waals surface area contributed by atoms with Crippen LogP contribution in [0.4, 0.5) is 4.79 Å². The second-order valence-corrected chi connectivity index (χ2v) is 7.22. The first kappa shape index (κ1) is 19.6. The van der Waals surface area contributed by atoms with Crippen molar-refractivity contribution in [2.45, 2.75) is 38.8 Å². The lowest BCUT2D eigenvalue weighted by Crippen LogP contribution is -2.40. The minimum atomic E-state index is -0.281. The number of rotatable bonds is 4. The molecule has 30 heavy (non-hydrogen) atoms. The number of carbonyl (C=O) groups excluding carboxylic acids is 1. The Morgan fingerprint density at radius 1 is 1.27 bits per heavy atom. The Labute approximate surface area is 173 Å². The van der Waals surface area contributed by atoms with Crippen LogP contribution in [0.1, 0.15) is 38.4 Å². The number of nitrogens with zero attached hydrogens (tertiary/aromatic N) is 7. The molecular weight excluding hydrogens is 386 g/mol. The summed E-state index contributed by atoms with van der Waals surface area (Å²) < 4.78 is 13.0. The van der Waals surface area contributed by atoms with E-state index in [1.807, 2.05) is 24.6 Å². The summed E-state index contributed by atoms with van der Waals surface area (Å²) in [5.74, 6) is 0.637. The summed E-state index contributed by atoms with van der Waals surface area (Å²) in [5, 5.41) is 14.4. The van der Waals surface area contributed by atoms with Crippen molar-refractivity contribution in [1.29, 1.82) is 5.26 Å². The van der Waals surface area contributed by atoms with Crippen molar-refractivity contribution < 1.29 is 14.3 Å². The zero-order valence-corrected chi connectivity index (χ0v) is 16.7. The van der Waals surface area contributed by atoms with Gasteiger partial charge in [-0.25, -0.2) is 24.4 Å². The van der Waals surface area contributed by atoms with E-state index < -0.39 is 0 Å². The molecule has 154 valence electrons. The quantitative estimate of drug-likeness (QED) is 0.647. The van der Waals surface area contributed by atoms with Gasteiger partial charge >= 0.3 is 6.09 Å². The van der Waals surface area contributed by atoms with Gasteiger partial charge in [0, 0.05) is 19.3 Å². The number of hydrogen-bond donors (Lipinski definition) is 0. The van der Waals surface area contributed by atoms with Crippen LogP contribution in [0.3, 0.4) is 0 Å². The minimum absolute atomic E-state index is 0.0985. The lowest BCUT2D eigenvalue weighted by molar-refractivity contribution is 0.0656. The topological polar surface area (TPSA) is 119 Å². The smallest absolute Gasteiger partial charge is 0.410 e. The van der Waals surface area contributed by atoms with Gasteiger partial charge in [-0.05, 0) is 38.8 Å². The first-order valence-electron chi connectivity index (χ1n) is 9.73. The fraction of sp³-hybridized carbons (Fsp3) is 0.400. The highest BCUT2D eigenvalue weighted by Crippen LogP contribution is 2.31. The number of hydrogen-bond acceptors (Lipinski definition) is 8. The maximum atomic E-state index is 12.1. The van der Waals surface area contributed by atoms with Gasteiger partial charge in [0.1, 0.15) is 17.8 Å². The second-order valence-electron chi connectivity index (χ2n) is 7.22. The van der Waals surface area contributed by atoms with Crippen molar-refractivity contribution in [3.63, 3.8) is 0 Å². The van der Waals surface area contributed by atoms with E-state index in [-0.39, 0.29) is 23.9 Å². The molecule has 0 aromatic carbocycles. The van der Waals surface area contributed by atoms with Gasteiger partial charge in [-0.15, -0.1) is 0 Å². The van der Waals surface area contributed by atoms with Crippen LogP contribution in [-0.2, 0) is 4.74 Å². The van der Waals surface area contributed by atoms with Gasteiger partial charge in [0.05, 0.1) is 18.3 Å². The Morgan fingerprint density at radius 2 is 2.07 bits per heavy atom. The lowest BCUT2D eigenvalue weighted by Gasteiger charge is -2.31. The van der Waals surface area contributed by atoms with Crippen LogP contribution >= 0.6 is 0 Å². The molecule has 4 rings (SSSR count). The van der Waals surface area contributed by atoms with Gasteiger partial charge in [0.15, 0.2) is 17.1 Å². The average molecular weight is 407 g/mol. The molecule has 0 unspecified atom stereocenters. The predicted molar refractivity (Wildman–Crippen MR) is 106 cm³/mol. The second kappa shape index (κ2) is 8.32. The van der Waals surface area contributed by atoms with Gasteiger partial charge in [-0.1, -0.05) is 0 Å². The third kappa shape index (κ3) is 3.87. The molecule has 1 saturated heterocycles. The third-order valence-corrected chi connectivity index (χ3v) is 4.84. The van der Waals surface area contributed by atoms with E-state index in [0.717, 1.165) is 12.8 Å². The van der Waals surface area contributed by atoms with Crippen molar-refractivity contribution in [1.82, 2.24) is 29.6 Å². The van der Waals surface area contributed by atoms with Crippen LogP contribution in [0.2, 0.25) is 0 Å². The zero-order chi connectivity index (χ0) is 21.1. The van der Waals surface area contributed by atoms with Crippen molar-refractivity contribution in [2.24, 2.45) is 0 Å². The molecule has 1 aliphatic heterocycles. The SMILES string of the molecule is CC(C)OC(=O)N1CCC(n2ncc3c(Oc4cccnc4C#N)ncnc32)CC1. The van der Waals surface area contributed by atoms with Crippen molar-refractivity contribution in [3.05, 3.63) is 36.5 Å². The standard InChI is InChI=1S/C20H21N7O3/c1-13(2)29-20(28)26-8-5-14(6-9-26)27-18-15(11-25-27)19(24-12-23-18)30-17-4-3-7-22-16(17)10-21/h3-4,7,11-14H,5-6,8-9H2,1-2H3. The molecule has 3 aromatic heterocycles. The molecule has 10 nitrogen and oxygen atoms in total. The Balaban J connectivity index is 1.53. The molecule has 0 saturated carbocycles. The number of pyridine rings is 1. The molecule has 3 aromatic rings. The fourth-order valence-corrected chi connectivity index (χ4v) is 3.42. The number of ether oxygens (including phenoxy) is 2. The summed E-state index contributed by atoms with van der Waals surface area (Å²) in [6, 6.07) is 5.45. The van der Waals surface area contributed by atoms with Crippen LogP contribution in [0.25, 0.3) is 11.0 Å². The van der Waals surface area contributed by atoms with E-state index in [1.165, 1.54) is 12.5 Å². The molecule has 1 amide bonds. The lowest BCUT2D eigenvalue weighted by atomic mass is 10.1. The van der Waals surface area contributed by atoms with Crippen LogP contribution in [-0.4, -0.2) is 54.9 Å². The molecular formula is C20H21N7O3. The Kier molecular flexibility index (Phi) is 5.43. The van der Waals surface area contributed by atoms with E-state index >= 15 is 0 Å². The predicted octanol–water partition coefficient (Wildman–Crippen LogP) is 3.07. The minimum Gasteiger partial charge on any atom is -0.447 e. The molecule has 0 spiro atoms. The van der Waals surface area contributed by atoms with Gasteiger partial charge in [0.2, 0.25) is 5.88 Å². The number of fused-ring (bicyclic) bond motifs is 1. The summed E-state index contributed by atoms with van der Waals surface area (Å²) in [6.07, 6.45) is 5.66. The van der Waals surface area contributed by atoms with Crippen molar-refractivity contribution in [3.8, 4) is 17.7 Å². The Morgan fingerprint density at radius 3 is 2.80 bits per heavy atom. The number of aromatic nitrogens is 5. The fourth-order valence-electron chi connectivity index (χ4n) is 3.42. The van der Waals surface area contributed by atoms with Crippen molar-refractivity contribution >= 4 is 17.1 Å². The van der Waals surface area contributed by atoms with E-state index in [9.17, 15) is 10.1 Å². The van der Waals surface area contributed by atoms with Gasteiger partial charge in [-0.3, -0.25) is 0 Å². The monoisotopic (exact) mass is 407 g/mol. The summed E-state index contributed by atoms with van der Waals surface area (Å²) >= 11 is 0. The maximum absolute atomic E-state index is 12.1. The first-order chi connectivity index (χ1) is 14.6. The van der Waals surface area contributed by atoms with Gasteiger partial charge in [-0.2, -0.15) is 10.4 Å². The summed E-state index contributed by atoms with van der Waals surface area (Å²) in [6.45, 7) is 4.86.